The summed E-state index contributed by atoms with van der Waals surface area (Å²) in [5, 5.41) is 61.1. The van der Waals surface area contributed by atoms with Crippen LogP contribution in [0.2, 0.25) is 0 Å². The lowest BCUT2D eigenvalue weighted by molar-refractivity contribution is -0.142. The molecule has 0 bridgehead atoms. The molecule has 0 aliphatic heterocycles. The molecule has 0 saturated heterocycles. The first kappa shape index (κ1) is 28.6. The fraction of sp³-hybridized carbons (Fsp3) is 0.333. The van der Waals surface area contributed by atoms with Crippen LogP contribution in [0.5, 0.6) is 23.0 Å². The molecule has 8 N–H and O–H groups in total. The summed E-state index contributed by atoms with van der Waals surface area (Å²) in [6, 6.07) is 4.79. The number of benzene rings is 2. The third-order valence-corrected chi connectivity index (χ3v) is 5.22. The lowest BCUT2D eigenvalue weighted by Gasteiger charge is -2.18. The van der Waals surface area contributed by atoms with E-state index in [-0.39, 0.29) is 37.4 Å². The Balaban J connectivity index is 1.84. The average molecular weight is 520 g/mol. The largest absolute Gasteiger partial charge is 0.504 e. The van der Waals surface area contributed by atoms with Gasteiger partial charge in [-0.05, 0) is 41.3 Å². The van der Waals surface area contributed by atoms with Gasteiger partial charge in [0.25, 0.3) is 0 Å². The molecule has 2 amide bonds. The Morgan fingerprint density at radius 1 is 0.757 bits per heavy atom. The fourth-order valence-corrected chi connectivity index (χ4v) is 3.29. The Bertz CT molecular complexity index is 1150. The van der Waals surface area contributed by atoms with E-state index in [1.54, 1.807) is 6.92 Å². The van der Waals surface area contributed by atoms with Gasteiger partial charge in [0.1, 0.15) is 12.1 Å². The highest BCUT2D eigenvalue weighted by Gasteiger charge is 2.24. The predicted molar refractivity (Wildman–Crippen MR) is 126 cm³/mol. The number of ether oxygens (including phenoxy) is 1. The van der Waals surface area contributed by atoms with Crippen LogP contribution in [0, 0.1) is 5.92 Å². The third kappa shape index (κ3) is 9.12. The molecule has 2 rings (SSSR count). The Labute approximate surface area is 210 Å². The zero-order valence-corrected chi connectivity index (χ0v) is 19.7. The zero-order valence-electron chi connectivity index (χ0n) is 19.7. The number of phenolic OH excluding ortho intramolecular Hbond substituents is 4. The monoisotopic (exact) mass is 520 g/mol. The second-order valence-corrected chi connectivity index (χ2v) is 8.46. The third-order valence-electron chi connectivity index (χ3n) is 5.22. The molecule has 2 aromatic carbocycles. The van der Waals surface area contributed by atoms with Crippen molar-refractivity contribution >= 4 is 23.9 Å². The number of alkyl carbamates (subject to hydrolysis) is 1. The summed E-state index contributed by atoms with van der Waals surface area (Å²) < 4.78 is 4.99. The molecule has 0 aromatic heterocycles. The van der Waals surface area contributed by atoms with Crippen molar-refractivity contribution in [3.63, 3.8) is 0 Å². The summed E-state index contributed by atoms with van der Waals surface area (Å²) in [7, 11) is 0. The molecule has 13 heteroatoms. The molecule has 200 valence electrons. The van der Waals surface area contributed by atoms with E-state index in [0.717, 1.165) is 6.07 Å². The van der Waals surface area contributed by atoms with Gasteiger partial charge in [-0.15, -0.1) is 0 Å². The van der Waals surface area contributed by atoms with E-state index in [1.807, 2.05) is 0 Å². The fourth-order valence-electron chi connectivity index (χ4n) is 3.29. The van der Waals surface area contributed by atoms with Crippen molar-refractivity contribution in [1.82, 2.24) is 10.6 Å². The Morgan fingerprint density at radius 3 is 1.65 bits per heavy atom. The molecule has 37 heavy (non-hydrogen) atoms. The molecule has 3 atom stereocenters. The van der Waals surface area contributed by atoms with E-state index in [2.05, 4.69) is 10.6 Å². The Morgan fingerprint density at radius 2 is 1.22 bits per heavy atom. The number of rotatable bonds is 12. The van der Waals surface area contributed by atoms with E-state index in [9.17, 15) is 49.8 Å². The first-order chi connectivity index (χ1) is 17.3. The van der Waals surface area contributed by atoms with Gasteiger partial charge in [0.05, 0.1) is 6.61 Å². The quantitative estimate of drug-likeness (QED) is 0.185. The number of aromatic hydroxyl groups is 4. The first-order valence-electron chi connectivity index (χ1n) is 11.1. The molecule has 0 saturated carbocycles. The molecule has 0 radical (unpaired) electrons. The molecule has 0 spiro atoms. The SMILES string of the molecule is CC(COC(=O)NC(Cc1ccc(O)c(O)c1)C(=O)O)CC(=O)NC(Cc1ccc(O)c(O)c1)C(=O)O. The number of hydrogen-bond acceptors (Lipinski definition) is 9. The van der Waals surface area contributed by atoms with Gasteiger partial charge in [0, 0.05) is 19.3 Å². The molecular formula is C24H28N2O11. The second-order valence-electron chi connectivity index (χ2n) is 8.46. The maximum absolute atomic E-state index is 12.3. The standard InChI is InChI=1S/C24H28N2O11/c1-12(6-21(31)25-15(22(32)33)7-13-2-4-17(27)19(29)9-13)11-37-24(36)26-16(23(34)35)8-14-3-5-18(28)20(30)10-14/h2-5,9-10,12,15-16,27-30H,6-8,11H2,1H3,(H,25,31)(H,26,36)(H,32,33)(H,34,35). The summed E-state index contributed by atoms with van der Waals surface area (Å²) >= 11 is 0. The van der Waals surface area contributed by atoms with Crippen molar-refractivity contribution in [3.8, 4) is 23.0 Å². The van der Waals surface area contributed by atoms with Crippen LogP contribution < -0.4 is 10.6 Å². The van der Waals surface area contributed by atoms with E-state index in [4.69, 9.17) is 4.74 Å². The topological polar surface area (TPSA) is 223 Å². The van der Waals surface area contributed by atoms with Gasteiger partial charge >= 0.3 is 18.0 Å². The van der Waals surface area contributed by atoms with Crippen LogP contribution in [0.15, 0.2) is 36.4 Å². The van der Waals surface area contributed by atoms with Crippen molar-refractivity contribution in [2.75, 3.05) is 6.61 Å². The molecule has 0 aliphatic rings. The number of carboxylic acid groups (broad SMARTS) is 2. The minimum atomic E-state index is -1.40. The minimum Gasteiger partial charge on any atom is -0.504 e. The van der Waals surface area contributed by atoms with Gasteiger partial charge < -0.3 is 46.0 Å². The number of hydrogen-bond donors (Lipinski definition) is 8. The van der Waals surface area contributed by atoms with Crippen LogP contribution in [0.3, 0.4) is 0 Å². The summed E-state index contributed by atoms with van der Waals surface area (Å²) in [5.74, 6) is -5.48. The first-order valence-corrected chi connectivity index (χ1v) is 11.1. The van der Waals surface area contributed by atoms with E-state index >= 15 is 0 Å². The number of carboxylic acids is 2. The van der Waals surface area contributed by atoms with Gasteiger partial charge in [-0.3, -0.25) is 4.79 Å². The van der Waals surface area contributed by atoms with Crippen LogP contribution in [-0.2, 0) is 32.0 Å². The number of aliphatic carboxylic acids is 2. The van der Waals surface area contributed by atoms with Crippen molar-refractivity contribution in [3.05, 3.63) is 47.5 Å². The van der Waals surface area contributed by atoms with Crippen LogP contribution in [-0.4, -0.2) is 73.3 Å². The number of carbonyl (C=O) groups is 4. The van der Waals surface area contributed by atoms with Gasteiger partial charge in [-0.25, -0.2) is 14.4 Å². The molecular weight excluding hydrogens is 492 g/mol. The lowest BCUT2D eigenvalue weighted by Crippen LogP contribution is -2.44. The van der Waals surface area contributed by atoms with Crippen LogP contribution in [0.4, 0.5) is 4.79 Å². The maximum atomic E-state index is 12.3. The summed E-state index contributed by atoms with van der Waals surface area (Å²) in [4.78, 5) is 47.4. The average Bonchev–Trinajstić information content (AvgIpc) is 2.81. The highest BCUT2D eigenvalue weighted by Crippen LogP contribution is 2.26. The molecule has 0 fully saturated rings. The number of carbonyl (C=O) groups excluding carboxylic acids is 2. The maximum Gasteiger partial charge on any atom is 0.407 e. The molecule has 3 unspecified atom stereocenters. The summed E-state index contributed by atoms with van der Waals surface area (Å²) in [6.07, 6.45) is -1.62. The highest BCUT2D eigenvalue weighted by molar-refractivity contribution is 5.84. The minimum absolute atomic E-state index is 0.155. The predicted octanol–water partition coefficient (Wildman–Crippen LogP) is 1.07. The number of nitrogens with one attached hydrogen (secondary N) is 2. The molecule has 2 aromatic rings. The van der Waals surface area contributed by atoms with E-state index in [0.29, 0.717) is 11.1 Å². The zero-order chi connectivity index (χ0) is 27.7. The van der Waals surface area contributed by atoms with E-state index in [1.165, 1.54) is 30.3 Å². The van der Waals surface area contributed by atoms with Crippen LogP contribution in [0.25, 0.3) is 0 Å². The number of phenols is 4. The van der Waals surface area contributed by atoms with E-state index < -0.39 is 53.4 Å². The van der Waals surface area contributed by atoms with Crippen molar-refractivity contribution in [1.29, 1.82) is 0 Å². The molecule has 13 nitrogen and oxygen atoms in total. The van der Waals surface area contributed by atoms with Gasteiger partial charge in [0.15, 0.2) is 23.0 Å². The van der Waals surface area contributed by atoms with Crippen molar-refractivity contribution in [2.45, 2.75) is 38.3 Å². The summed E-state index contributed by atoms with van der Waals surface area (Å²) in [5.41, 5.74) is 0.704. The van der Waals surface area contributed by atoms with Crippen molar-refractivity contribution in [2.24, 2.45) is 5.92 Å². The smallest absolute Gasteiger partial charge is 0.407 e. The second kappa shape index (κ2) is 12.9. The van der Waals surface area contributed by atoms with Crippen molar-refractivity contribution < 1.29 is 54.6 Å². The summed E-state index contributed by atoms with van der Waals surface area (Å²) in [6.45, 7) is 1.30. The van der Waals surface area contributed by atoms with Crippen LogP contribution >= 0.6 is 0 Å². The Kier molecular flexibility index (Phi) is 9.92. The molecule has 0 heterocycles. The number of amides is 2. The normalized spacial score (nSPS) is 13.1. The van der Waals surface area contributed by atoms with Gasteiger partial charge in [-0.2, -0.15) is 0 Å². The molecule has 0 aliphatic carbocycles. The highest BCUT2D eigenvalue weighted by atomic mass is 16.5. The lowest BCUT2D eigenvalue weighted by atomic mass is 10.0. The van der Waals surface area contributed by atoms with Crippen LogP contribution in [0.1, 0.15) is 24.5 Å². The van der Waals surface area contributed by atoms with Gasteiger partial charge in [0.2, 0.25) is 5.91 Å². The van der Waals surface area contributed by atoms with Gasteiger partial charge in [-0.1, -0.05) is 19.1 Å². The Hall–Kier alpha value is -4.68.